The largest absolute Gasteiger partial charge is 0.478 e. The van der Waals surface area contributed by atoms with E-state index in [1.54, 1.807) is 0 Å². The van der Waals surface area contributed by atoms with Crippen molar-refractivity contribution < 1.29 is 14.6 Å². The smallest absolute Gasteiger partial charge is 0.333 e. The van der Waals surface area contributed by atoms with Crippen molar-refractivity contribution in [1.82, 2.24) is 0 Å². The van der Waals surface area contributed by atoms with Gasteiger partial charge in [-0.1, -0.05) is 59.3 Å². The average Bonchev–Trinajstić information content (AvgIpc) is 2.76. The lowest BCUT2D eigenvalue weighted by molar-refractivity contribution is -0.134. The van der Waals surface area contributed by atoms with Gasteiger partial charge in [-0.25, -0.2) is 4.79 Å². The van der Waals surface area contributed by atoms with Crippen LogP contribution >= 0.6 is 0 Å². The van der Waals surface area contributed by atoms with Gasteiger partial charge in [0.25, 0.3) is 0 Å². The summed E-state index contributed by atoms with van der Waals surface area (Å²) in [4.78, 5) is 11.0. The zero-order valence-corrected chi connectivity index (χ0v) is 21.7. The Balaban J connectivity index is 2.23. The predicted molar refractivity (Wildman–Crippen MR) is 141 cm³/mol. The topological polar surface area (TPSA) is 46.5 Å². The third kappa shape index (κ3) is 13.9. The summed E-state index contributed by atoms with van der Waals surface area (Å²) in [5.41, 5.74) is 7.26. The van der Waals surface area contributed by atoms with Gasteiger partial charge in [0.2, 0.25) is 0 Å². The number of allylic oxidation sites excluding steroid dienone is 9. The molecule has 0 amide bonds. The Kier molecular flexibility index (Phi) is 14.4. The minimum absolute atomic E-state index is 0.166. The number of hydrogen-bond acceptors (Lipinski definition) is 2. The van der Waals surface area contributed by atoms with E-state index in [1.165, 1.54) is 34.3 Å². The fourth-order valence-corrected chi connectivity index (χ4v) is 3.86. The van der Waals surface area contributed by atoms with Crippen molar-refractivity contribution in [2.45, 2.75) is 105 Å². The molecule has 33 heavy (non-hydrogen) atoms. The normalized spacial score (nSPS) is 19.0. The van der Waals surface area contributed by atoms with Crippen molar-refractivity contribution in [3.63, 3.8) is 0 Å². The van der Waals surface area contributed by atoms with Crippen LogP contribution in [0, 0.1) is 0 Å². The summed E-state index contributed by atoms with van der Waals surface area (Å²) in [7, 11) is 0. The molecule has 1 rings (SSSR count). The molecule has 1 aliphatic rings. The Morgan fingerprint density at radius 2 is 1.39 bits per heavy atom. The minimum Gasteiger partial charge on any atom is -0.478 e. The first-order chi connectivity index (χ1) is 15.7. The van der Waals surface area contributed by atoms with E-state index in [4.69, 9.17) is 9.84 Å². The standard InChI is InChI=1S/C30H46O3/c1-23(2)12-9-15-26(5)17-10-16-24(3)13-7-8-14-25(4)18-11-19-28-20-21-29(33-22-28)27(6)30(31)32/h12-14,17,19,29H,6-11,15-16,18,20-22H2,1-5H3,(H,31,32)/b24-13+,25-14+,26-17+,28-19+. The van der Waals surface area contributed by atoms with Crippen LogP contribution in [0.25, 0.3) is 0 Å². The molecule has 1 aliphatic heterocycles. The summed E-state index contributed by atoms with van der Waals surface area (Å²) >= 11 is 0. The summed E-state index contributed by atoms with van der Waals surface area (Å²) in [5, 5.41) is 9.01. The number of ether oxygens (including phenoxy) is 1. The summed E-state index contributed by atoms with van der Waals surface area (Å²) in [6, 6.07) is 0. The third-order valence-corrected chi connectivity index (χ3v) is 6.11. The minimum atomic E-state index is -0.962. The first-order valence-electron chi connectivity index (χ1n) is 12.5. The second kappa shape index (κ2) is 16.5. The molecule has 184 valence electrons. The second-order valence-corrected chi connectivity index (χ2v) is 9.66. The molecule has 0 aromatic heterocycles. The fraction of sp³-hybridized carbons (Fsp3) is 0.567. The van der Waals surface area contributed by atoms with Crippen LogP contribution in [-0.2, 0) is 9.53 Å². The SMILES string of the molecule is C=C(C(=O)O)C1CC/C(=C\CC/C(C)=C/CC/C=C(\C)CC/C=C(\C)CCC=C(C)C)CO1. The van der Waals surface area contributed by atoms with E-state index in [1.807, 2.05) is 0 Å². The maximum atomic E-state index is 11.0. The van der Waals surface area contributed by atoms with Gasteiger partial charge in [-0.05, 0) is 104 Å². The molecular weight excluding hydrogens is 408 g/mol. The quantitative estimate of drug-likeness (QED) is 0.162. The van der Waals surface area contributed by atoms with E-state index in [0.29, 0.717) is 13.0 Å². The summed E-state index contributed by atoms with van der Waals surface area (Å²) in [6.07, 6.45) is 21.9. The van der Waals surface area contributed by atoms with Crippen LogP contribution < -0.4 is 0 Å². The number of aliphatic carboxylic acids is 1. The molecule has 1 atom stereocenters. The van der Waals surface area contributed by atoms with Gasteiger partial charge in [-0.3, -0.25) is 0 Å². The molecule has 1 N–H and O–H groups in total. The van der Waals surface area contributed by atoms with E-state index in [0.717, 1.165) is 51.4 Å². The zero-order valence-electron chi connectivity index (χ0n) is 21.7. The van der Waals surface area contributed by atoms with E-state index in [9.17, 15) is 4.79 Å². The molecule has 0 spiro atoms. The van der Waals surface area contributed by atoms with Crippen LogP contribution in [0.1, 0.15) is 98.8 Å². The van der Waals surface area contributed by atoms with Crippen LogP contribution in [0.3, 0.4) is 0 Å². The maximum absolute atomic E-state index is 11.0. The maximum Gasteiger partial charge on any atom is 0.333 e. The highest BCUT2D eigenvalue weighted by molar-refractivity contribution is 5.86. The molecule has 0 aliphatic carbocycles. The van der Waals surface area contributed by atoms with Crippen LogP contribution in [0.2, 0.25) is 0 Å². The Bertz CT molecular complexity index is 775. The third-order valence-electron chi connectivity index (χ3n) is 6.11. The van der Waals surface area contributed by atoms with Crippen molar-refractivity contribution in [1.29, 1.82) is 0 Å². The number of hydrogen-bond donors (Lipinski definition) is 1. The highest BCUT2D eigenvalue weighted by Gasteiger charge is 2.23. The molecule has 1 unspecified atom stereocenters. The Labute approximate surface area is 202 Å². The van der Waals surface area contributed by atoms with Gasteiger partial charge in [0, 0.05) is 0 Å². The van der Waals surface area contributed by atoms with Gasteiger partial charge in [0.05, 0.1) is 18.3 Å². The fourth-order valence-electron chi connectivity index (χ4n) is 3.86. The Morgan fingerprint density at radius 1 is 0.879 bits per heavy atom. The first kappa shape index (κ1) is 28.9. The van der Waals surface area contributed by atoms with E-state index in [-0.39, 0.29) is 11.7 Å². The lowest BCUT2D eigenvalue weighted by Crippen LogP contribution is -2.26. The van der Waals surface area contributed by atoms with Crippen molar-refractivity contribution in [3.8, 4) is 0 Å². The molecule has 1 fully saturated rings. The number of carboxylic acid groups (broad SMARTS) is 1. The lowest BCUT2D eigenvalue weighted by Gasteiger charge is -2.24. The molecule has 3 nitrogen and oxygen atoms in total. The lowest BCUT2D eigenvalue weighted by atomic mass is 9.98. The van der Waals surface area contributed by atoms with Gasteiger partial charge >= 0.3 is 5.97 Å². The summed E-state index contributed by atoms with van der Waals surface area (Å²) in [5.74, 6) is -0.962. The molecular formula is C30H46O3. The van der Waals surface area contributed by atoms with Crippen molar-refractivity contribution in [3.05, 3.63) is 70.4 Å². The average molecular weight is 455 g/mol. The van der Waals surface area contributed by atoms with E-state index >= 15 is 0 Å². The number of unbranched alkanes of at least 4 members (excludes halogenated alkanes) is 1. The number of carbonyl (C=O) groups is 1. The van der Waals surface area contributed by atoms with Gasteiger partial charge in [0.15, 0.2) is 0 Å². The number of carboxylic acids is 1. The Hall–Kier alpha value is -2.13. The Morgan fingerprint density at radius 3 is 1.88 bits per heavy atom. The molecule has 0 radical (unpaired) electrons. The van der Waals surface area contributed by atoms with E-state index < -0.39 is 5.97 Å². The van der Waals surface area contributed by atoms with Gasteiger partial charge in [-0.2, -0.15) is 0 Å². The molecule has 0 bridgehead atoms. The summed E-state index contributed by atoms with van der Waals surface area (Å²) in [6.45, 7) is 15.2. The molecule has 1 heterocycles. The monoisotopic (exact) mass is 454 g/mol. The van der Waals surface area contributed by atoms with Gasteiger partial charge in [0.1, 0.15) is 0 Å². The van der Waals surface area contributed by atoms with E-state index in [2.05, 4.69) is 71.6 Å². The highest BCUT2D eigenvalue weighted by Crippen LogP contribution is 2.23. The molecule has 1 saturated heterocycles. The number of rotatable bonds is 14. The highest BCUT2D eigenvalue weighted by atomic mass is 16.5. The summed E-state index contributed by atoms with van der Waals surface area (Å²) < 4.78 is 5.66. The van der Waals surface area contributed by atoms with Crippen LogP contribution in [0.5, 0.6) is 0 Å². The molecule has 3 heteroatoms. The van der Waals surface area contributed by atoms with Crippen molar-refractivity contribution in [2.24, 2.45) is 0 Å². The van der Waals surface area contributed by atoms with Crippen LogP contribution in [-0.4, -0.2) is 23.8 Å². The van der Waals surface area contributed by atoms with Crippen LogP contribution in [0.15, 0.2) is 70.4 Å². The van der Waals surface area contributed by atoms with Crippen molar-refractivity contribution >= 4 is 5.97 Å². The zero-order chi connectivity index (χ0) is 24.6. The second-order valence-electron chi connectivity index (χ2n) is 9.66. The first-order valence-corrected chi connectivity index (χ1v) is 12.5. The molecule has 0 saturated carbocycles. The molecule has 0 aromatic carbocycles. The van der Waals surface area contributed by atoms with Gasteiger partial charge in [-0.15, -0.1) is 0 Å². The van der Waals surface area contributed by atoms with Gasteiger partial charge < -0.3 is 9.84 Å². The van der Waals surface area contributed by atoms with Crippen LogP contribution in [0.4, 0.5) is 0 Å². The predicted octanol–water partition coefficient (Wildman–Crippen LogP) is 8.66. The van der Waals surface area contributed by atoms with Crippen molar-refractivity contribution in [2.75, 3.05) is 6.61 Å². The molecule has 0 aromatic rings.